The molecule has 1 aromatic heterocycles. The molecule has 5 nitrogen and oxygen atoms in total. The minimum atomic E-state index is 0. The van der Waals surface area contributed by atoms with Crippen molar-refractivity contribution in [3.8, 4) is 0 Å². The quantitative estimate of drug-likeness (QED) is 0.392. The smallest absolute Gasteiger partial charge is 0.191 e. The molecule has 1 fully saturated rings. The molecule has 0 saturated heterocycles. The van der Waals surface area contributed by atoms with Crippen molar-refractivity contribution in [3.05, 3.63) is 53.4 Å². The van der Waals surface area contributed by atoms with Crippen LogP contribution in [0.15, 0.2) is 45.9 Å². The van der Waals surface area contributed by atoms with Gasteiger partial charge >= 0.3 is 0 Å². The molecule has 6 heteroatoms. The molecule has 0 unspecified atom stereocenters. The lowest BCUT2D eigenvalue weighted by Crippen LogP contribution is -2.44. The summed E-state index contributed by atoms with van der Waals surface area (Å²) in [4.78, 5) is 4.33. The van der Waals surface area contributed by atoms with Gasteiger partial charge in [0.25, 0.3) is 0 Å². The van der Waals surface area contributed by atoms with E-state index in [0.29, 0.717) is 18.5 Å². The zero-order chi connectivity index (χ0) is 17.5. The Morgan fingerprint density at radius 1 is 1.19 bits per heavy atom. The van der Waals surface area contributed by atoms with Crippen LogP contribution in [0.5, 0.6) is 0 Å². The summed E-state index contributed by atoms with van der Waals surface area (Å²) in [6.45, 7) is 2.67. The maximum Gasteiger partial charge on any atom is 0.191 e. The first-order valence-corrected chi connectivity index (χ1v) is 9.25. The van der Waals surface area contributed by atoms with Gasteiger partial charge in [-0.25, -0.2) is 0 Å². The highest BCUT2D eigenvalue weighted by Crippen LogP contribution is 2.32. The molecule has 1 aliphatic rings. The van der Waals surface area contributed by atoms with Crippen LogP contribution < -0.4 is 10.6 Å². The second kappa shape index (κ2) is 10.5. The SMILES string of the molecule is CCc1cc(CNC(=NC)NC2CCC(c3ccccc3)CC2)on1.I. The second-order valence-corrected chi connectivity index (χ2v) is 6.67. The zero-order valence-corrected chi connectivity index (χ0v) is 17.9. The maximum atomic E-state index is 5.31. The molecule has 0 amide bonds. The van der Waals surface area contributed by atoms with Crippen molar-refractivity contribution in [3.63, 3.8) is 0 Å². The highest BCUT2D eigenvalue weighted by molar-refractivity contribution is 14.0. The van der Waals surface area contributed by atoms with E-state index >= 15 is 0 Å². The van der Waals surface area contributed by atoms with E-state index in [2.05, 4.69) is 58.0 Å². The Morgan fingerprint density at radius 3 is 2.54 bits per heavy atom. The van der Waals surface area contributed by atoms with E-state index in [9.17, 15) is 0 Å². The lowest BCUT2D eigenvalue weighted by atomic mass is 9.82. The number of guanidine groups is 1. The summed E-state index contributed by atoms with van der Waals surface area (Å²) in [5.41, 5.74) is 2.46. The summed E-state index contributed by atoms with van der Waals surface area (Å²) >= 11 is 0. The number of benzene rings is 1. The third-order valence-corrected chi connectivity index (χ3v) is 4.96. The van der Waals surface area contributed by atoms with Gasteiger partial charge in [0.1, 0.15) is 0 Å². The van der Waals surface area contributed by atoms with Crippen molar-refractivity contribution in [2.24, 2.45) is 4.99 Å². The van der Waals surface area contributed by atoms with Crippen molar-refractivity contribution in [1.82, 2.24) is 15.8 Å². The van der Waals surface area contributed by atoms with Crippen molar-refractivity contribution >= 4 is 29.9 Å². The Bertz CT molecular complexity index is 678. The molecule has 1 aliphatic carbocycles. The molecule has 0 spiro atoms. The monoisotopic (exact) mass is 468 g/mol. The van der Waals surface area contributed by atoms with Gasteiger partial charge in [0.05, 0.1) is 12.2 Å². The Kier molecular flexibility index (Phi) is 8.41. The molecule has 142 valence electrons. The molecule has 26 heavy (non-hydrogen) atoms. The lowest BCUT2D eigenvalue weighted by Gasteiger charge is -2.30. The molecule has 1 saturated carbocycles. The molecule has 0 atom stereocenters. The molecule has 1 aromatic carbocycles. The minimum absolute atomic E-state index is 0. The van der Waals surface area contributed by atoms with Crippen LogP contribution in [-0.4, -0.2) is 24.2 Å². The van der Waals surface area contributed by atoms with Crippen molar-refractivity contribution in [2.45, 2.75) is 57.5 Å². The number of nitrogens with zero attached hydrogens (tertiary/aromatic N) is 2. The number of rotatable bonds is 5. The van der Waals surface area contributed by atoms with Crippen LogP contribution in [-0.2, 0) is 13.0 Å². The van der Waals surface area contributed by atoms with Gasteiger partial charge in [0.15, 0.2) is 11.7 Å². The van der Waals surface area contributed by atoms with Crippen molar-refractivity contribution in [2.75, 3.05) is 7.05 Å². The number of hydrogen-bond donors (Lipinski definition) is 2. The van der Waals surface area contributed by atoms with Crippen LogP contribution in [0.3, 0.4) is 0 Å². The fourth-order valence-electron chi connectivity index (χ4n) is 3.46. The van der Waals surface area contributed by atoms with Crippen molar-refractivity contribution in [1.29, 1.82) is 0 Å². The van der Waals surface area contributed by atoms with E-state index < -0.39 is 0 Å². The van der Waals surface area contributed by atoms with Crippen LogP contribution in [0, 0.1) is 0 Å². The van der Waals surface area contributed by atoms with E-state index in [4.69, 9.17) is 4.52 Å². The zero-order valence-electron chi connectivity index (χ0n) is 15.6. The number of aromatic nitrogens is 1. The Hall–Kier alpha value is -1.57. The molecular formula is C20H29IN4O. The van der Waals surface area contributed by atoms with Gasteiger partial charge in [0.2, 0.25) is 0 Å². The molecule has 0 bridgehead atoms. The Balaban J connectivity index is 0.00000243. The van der Waals surface area contributed by atoms with E-state index in [1.54, 1.807) is 0 Å². The third-order valence-electron chi connectivity index (χ3n) is 4.96. The van der Waals surface area contributed by atoms with Crippen LogP contribution in [0.4, 0.5) is 0 Å². The first-order chi connectivity index (χ1) is 12.3. The largest absolute Gasteiger partial charge is 0.359 e. The van der Waals surface area contributed by atoms with Gasteiger partial charge in [-0.2, -0.15) is 0 Å². The first-order valence-electron chi connectivity index (χ1n) is 9.25. The predicted molar refractivity (Wildman–Crippen MR) is 116 cm³/mol. The summed E-state index contributed by atoms with van der Waals surface area (Å²) in [6, 6.07) is 13.3. The Morgan fingerprint density at radius 2 is 1.92 bits per heavy atom. The lowest BCUT2D eigenvalue weighted by molar-refractivity contribution is 0.365. The topological polar surface area (TPSA) is 62.5 Å². The predicted octanol–water partition coefficient (Wildman–Crippen LogP) is 4.25. The number of hydrogen-bond acceptors (Lipinski definition) is 3. The summed E-state index contributed by atoms with van der Waals surface area (Å²) in [6.07, 6.45) is 5.67. The number of aliphatic imine (C=N–C) groups is 1. The molecule has 2 aromatic rings. The first kappa shape index (κ1) is 20.7. The molecule has 2 N–H and O–H groups in total. The molecule has 3 rings (SSSR count). The maximum absolute atomic E-state index is 5.31. The highest BCUT2D eigenvalue weighted by atomic mass is 127. The number of aryl methyl sites for hydroxylation is 1. The van der Waals surface area contributed by atoms with Crippen LogP contribution in [0.2, 0.25) is 0 Å². The van der Waals surface area contributed by atoms with Crippen LogP contribution in [0.25, 0.3) is 0 Å². The average molecular weight is 468 g/mol. The fourth-order valence-corrected chi connectivity index (χ4v) is 3.46. The summed E-state index contributed by atoms with van der Waals surface area (Å²) in [5.74, 6) is 2.36. The average Bonchev–Trinajstić information content (AvgIpc) is 3.14. The van der Waals surface area contributed by atoms with Crippen LogP contribution in [0.1, 0.15) is 55.5 Å². The van der Waals surface area contributed by atoms with Gasteiger partial charge < -0.3 is 15.2 Å². The van der Waals surface area contributed by atoms with Gasteiger partial charge in [0, 0.05) is 19.2 Å². The second-order valence-electron chi connectivity index (χ2n) is 6.67. The normalized spacial score (nSPS) is 20.3. The summed E-state index contributed by atoms with van der Waals surface area (Å²) in [7, 11) is 1.81. The molecule has 0 aliphatic heterocycles. The molecule has 0 radical (unpaired) electrons. The molecular weight excluding hydrogens is 439 g/mol. The number of nitrogens with one attached hydrogen (secondary N) is 2. The van der Waals surface area contributed by atoms with Crippen LogP contribution >= 0.6 is 24.0 Å². The van der Waals surface area contributed by atoms with Gasteiger partial charge in [-0.1, -0.05) is 42.4 Å². The highest BCUT2D eigenvalue weighted by Gasteiger charge is 2.22. The van der Waals surface area contributed by atoms with Gasteiger partial charge in [-0.3, -0.25) is 4.99 Å². The Labute approximate surface area is 173 Å². The third kappa shape index (κ3) is 5.72. The van der Waals surface area contributed by atoms with E-state index in [-0.39, 0.29) is 24.0 Å². The fraction of sp³-hybridized carbons (Fsp3) is 0.500. The summed E-state index contributed by atoms with van der Waals surface area (Å²) in [5, 5.41) is 10.9. The van der Waals surface area contributed by atoms with Gasteiger partial charge in [-0.05, 0) is 43.6 Å². The van der Waals surface area contributed by atoms with E-state index in [0.717, 1.165) is 23.8 Å². The molecule has 1 heterocycles. The number of halogens is 1. The van der Waals surface area contributed by atoms with E-state index in [1.165, 1.54) is 31.2 Å². The minimum Gasteiger partial charge on any atom is -0.359 e. The van der Waals surface area contributed by atoms with Crippen molar-refractivity contribution < 1.29 is 4.52 Å². The summed E-state index contributed by atoms with van der Waals surface area (Å²) < 4.78 is 5.31. The van der Waals surface area contributed by atoms with Gasteiger partial charge in [-0.15, -0.1) is 24.0 Å². The van der Waals surface area contributed by atoms with E-state index in [1.807, 2.05) is 13.1 Å². The standard InChI is InChI=1S/C20H28N4O.HI/c1-3-17-13-19(25-24-17)14-22-20(21-2)23-18-11-9-16(10-12-18)15-7-5-4-6-8-15;/h4-8,13,16,18H,3,9-12,14H2,1-2H3,(H2,21,22,23);1H.